The third-order valence-electron chi connectivity index (χ3n) is 4.64. The van der Waals surface area contributed by atoms with E-state index in [1.54, 1.807) is 4.90 Å². The highest BCUT2D eigenvalue weighted by atomic mass is 16.2. The van der Waals surface area contributed by atoms with Gasteiger partial charge in [0, 0.05) is 19.1 Å². The van der Waals surface area contributed by atoms with E-state index in [4.69, 9.17) is 5.73 Å². The van der Waals surface area contributed by atoms with Gasteiger partial charge in [0.25, 0.3) is 0 Å². The van der Waals surface area contributed by atoms with Crippen LogP contribution in [0.3, 0.4) is 0 Å². The van der Waals surface area contributed by atoms with Crippen LogP contribution >= 0.6 is 0 Å². The summed E-state index contributed by atoms with van der Waals surface area (Å²) in [5.41, 5.74) is 5.28. The van der Waals surface area contributed by atoms with Gasteiger partial charge >= 0.3 is 6.03 Å². The standard InChI is InChI=1S/C14H27N3O/c1-11-2-4-12(5-3-11)10-16-13-6-8-17(9-7-13)14(15)18/h11-13,16H,2-10H2,1H3,(H2,15,18). The number of amides is 2. The van der Waals surface area contributed by atoms with Crippen molar-refractivity contribution in [3.05, 3.63) is 0 Å². The molecule has 1 aliphatic carbocycles. The molecule has 1 aliphatic heterocycles. The van der Waals surface area contributed by atoms with Crippen LogP contribution in [-0.2, 0) is 0 Å². The highest BCUT2D eigenvalue weighted by Crippen LogP contribution is 2.27. The van der Waals surface area contributed by atoms with Gasteiger partial charge in [-0.1, -0.05) is 19.8 Å². The van der Waals surface area contributed by atoms with Crippen LogP contribution in [0.15, 0.2) is 0 Å². The van der Waals surface area contributed by atoms with Gasteiger partial charge in [0.1, 0.15) is 0 Å². The fourth-order valence-electron chi connectivity index (χ4n) is 3.17. The van der Waals surface area contributed by atoms with Crippen molar-refractivity contribution in [2.75, 3.05) is 19.6 Å². The molecular weight excluding hydrogens is 226 g/mol. The summed E-state index contributed by atoms with van der Waals surface area (Å²) in [6, 6.07) is 0.315. The van der Waals surface area contributed by atoms with Gasteiger partial charge in [-0.2, -0.15) is 0 Å². The van der Waals surface area contributed by atoms with Crippen molar-refractivity contribution >= 4 is 6.03 Å². The number of hydrogen-bond donors (Lipinski definition) is 2. The van der Waals surface area contributed by atoms with E-state index in [9.17, 15) is 4.79 Å². The molecule has 1 saturated carbocycles. The minimum Gasteiger partial charge on any atom is -0.351 e. The fourth-order valence-corrected chi connectivity index (χ4v) is 3.17. The molecule has 104 valence electrons. The van der Waals surface area contributed by atoms with Gasteiger partial charge in [-0.05, 0) is 44.1 Å². The zero-order valence-electron chi connectivity index (χ0n) is 11.5. The highest BCUT2D eigenvalue weighted by Gasteiger charge is 2.23. The lowest BCUT2D eigenvalue weighted by atomic mass is 9.83. The van der Waals surface area contributed by atoms with Crippen LogP contribution < -0.4 is 11.1 Å². The second kappa shape index (κ2) is 6.41. The van der Waals surface area contributed by atoms with Gasteiger partial charge in [-0.25, -0.2) is 4.79 Å². The van der Waals surface area contributed by atoms with E-state index >= 15 is 0 Å². The fraction of sp³-hybridized carbons (Fsp3) is 0.929. The number of nitrogens with zero attached hydrogens (tertiary/aromatic N) is 1. The molecule has 2 rings (SSSR count). The molecule has 4 nitrogen and oxygen atoms in total. The molecule has 2 amide bonds. The average Bonchev–Trinajstić information content (AvgIpc) is 2.38. The zero-order valence-corrected chi connectivity index (χ0v) is 11.5. The summed E-state index contributed by atoms with van der Waals surface area (Å²) in [4.78, 5) is 12.8. The van der Waals surface area contributed by atoms with Crippen LogP contribution in [-0.4, -0.2) is 36.6 Å². The number of piperidine rings is 1. The molecule has 0 atom stereocenters. The smallest absolute Gasteiger partial charge is 0.314 e. The lowest BCUT2D eigenvalue weighted by molar-refractivity contribution is 0.181. The number of likely N-dealkylation sites (tertiary alicyclic amines) is 1. The number of nitrogens with two attached hydrogens (primary N) is 1. The lowest BCUT2D eigenvalue weighted by Gasteiger charge is -2.33. The Bertz CT molecular complexity index is 266. The first-order chi connectivity index (χ1) is 8.65. The zero-order chi connectivity index (χ0) is 13.0. The first-order valence-corrected chi connectivity index (χ1v) is 7.43. The molecular formula is C14H27N3O. The van der Waals surface area contributed by atoms with Crippen LogP contribution in [0.2, 0.25) is 0 Å². The van der Waals surface area contributed by atoms with Gasteiger partial charge in [-0.3, -0.25) is 0 Å². The molecule has 3 N–H and O–H groups in total. The van der Waals surface area contributed by atoms with Crippen molar-refractivity contribution in [2.45, 2.75) is 51.5 Å². The quantitative estimate of drug-likeness (QED) is 0.807. The highest BCUT2D eigenvalue weighted by molar-refractivity contribution is 5.72. The van der Waals surface area contributed by atoms with Crippen LogP contribution in [0.5, 0.6) is 0 Å². The Hall–Kier alpha value is -0.770. The van der Waals surface area contributed by atoms with E-state index in [1.807, 2.05) is 0 Å². The van der Waals surface area contributed by atoms with Crippen molar-refractivity contribution in [2.24, 2.45) is 17.6 Å². The second-order valence-electron chi connectivity index (χ2n) is 6.13. The third-order valence-corrected chi connectivity index (χ3v) is 4.64. The van der Waals surface area contributed by atoms with Gasteiger partial charge in [-0.15, -0.1) is 0 Å². The predicted molar refractivity (Wildman–Crippen MR) is 73.3 cm³/mol. The summed E-state index contributed by atoms with van der Waals surface area (Å²) in [7, 11) is 0. The monoisotopic (exact) mass is 253 g/mol. The Labute approximate surface area is 110 Å². The normalized spacial score (nSPS) is 30.4. The predicted octanol–water partition coefficient (Wildman–Crippen LogP) is 1.95. The number of rotatable bonds is 3. The van der Waals surface area contributed by atoms with Crippen LogP contribution in [0.4, 0.5) is 4.79 Å². The molecule has 2 fully saturated rings. The number of primary amides is 1. The second-order valence-corrected chi connectivity index (χ2v) is 6.13. The van der Waals surface area contributed by atoms with Gasteiger partial charge in [0.2, 0.25) is 0 Å². The van der Waals surface area contributed by atoms with E-state index in [1.165, 1.54) is 25.7 Å². The van der Waals surface area contributed by atoms with Crippen molar-refractivity contribution < 1.29 is 4.79 Å². The first kappa shape index (κ1) is 13.7. The Balaban J connectivity index is 1.62. The number of urea groups is 1. The summed E-state index contributed by atoms with van der Waals surface area (Å²) in [6.45, 7) is 5.15. The topological polar surface area (TPSA) is 58.4 Å². The van der Waals surface area contributed by atoms with E-state index < -0.39 is 0 Å². The minimum atomic E-state index is -0.269. The molecule has 0 aromatic heterocycles. The molecule has 0 unspecified atom stereocenters. The summed E-state index contributed by atoms with van der Waals surface area (Å²) in [5, 5.41) is 3.69. The van der Waals surface area contributed by atoms with E-state index in [-0.39, 0.29) is 6.03 Å². The average molecular weight is 253 g/mol. The minimum absolute atomic E-state index is 0.269. The van der Waals surface area contributed by atoms with E-state index in [0.717, 1.165) is 44.3 Å². The molecule has 1 saturated heterocycles. The van der Waals surface area contributed by atoms with Crippen LogP contribution in [0, 0.1) is 11.8 Å². The maximum Gasteiger partial charge on any atom is 0.314 e. The SMILES string of the molecule is CC1CCC(CNC2CCN(C(N)=O)CC2)CC1. The van der Waals surface area contributed by atoms with Gasteiger partial charge in [0.05, 0.1) is 0 Å². The molecule has 0 spiro atoms. The molecule has 2 aliphatic rings. The van der Waals surface area contributed by atoms with Crippen molar-refractivity contribution in [1.29, 1.82) is 0 Å². The van der Waals surface area contributed by atoms with E-state index in [2.05, 4.69) is 12.2 Å². The van der Waals surface area contributed by atoms with Crippen molar-refractivity contribution in [1.82, 2.24) is 10.2 Å². The van der Waals surface area contributed by atoms with E-state index in [0.29, 0.717) is 6.04 Å². The molecule has 4 heteroatoms. The Morgan fingerprint density at radius 1 is 1.17 bits per heavy atom. The molecule has 0 radical (unpaired) electrons. The number of carbonyl (C=O) groups excluding carboxylic acids is 1. The van der Waals surface area contributed by atoms with Gasteiger partial charge in [0.15, 0.2) is 0 Å². The maximum absolute atomic E-state index is 11.0. The number of carbonyl (C=O) groups is 1. The Morgan fingerprint density at radius 3 is 2.33 bits per heavy atom. The van der Waals surface area contributed by atoms with Crippen molar-refractivity contribution in [3.8, 4) is 0 Å². The Morgan fingerprint density at radius 2 is 1.78 bits per heavy atom. The van der Waals surface area contributed by atoms with Crippen molar-refractivity contribution in [3.63, 3.8) is 0 Å². The molecule has 0 aromatic rings. The molecule has 1 heterocycles. The lowest BCUT2D eigenvalue weighted by Crippen LogP contribution is -2.47. The van der Waals surface area contributed by atoms with Crippen LogP contribution in [0.25, 0.3) is 0 Å². The third kappa shape index (κ3) is 3.87. The number of nitrogens with one attached hydrogen (secondary N) is 1. The van der Waals surface area contributed by atoms with Crippen LogP contribution in [0.1, 0.15) is 45.4 Å². The molecule has 0 bridgehead atoms. The first-order valence-electron chi connectivity index (χ1n) is 7.43. The number of hydrogen-bond acceptors (Lipinski definition) is 2. The Kier molecular flexibility index (Phi) is 4.87. The molecule has 18 heavy (non-hydrogen) atoms. The summed E-state index contributed by atoms with van der Waals surface area (Å²) < 4.78 is 0. The largest absolute Gasteiger partial charge is 0.351 e. The maximum atomic E-state index is 11.0. The summed E-state index contributed by atoms with van der Waals surface area (Å²) in [6.07, 6.45) is 7.65. The molecule has 0 aromatic carbocycles. The summed E-state index contributed by atoms with van der Waals surface area (Å²) >= 11 is 0. The van der Waals surface area contributed by atoms with Gasteiger partial charge < -0.3 is 16.0 Å². The summed E-state index contributed by atoms with van der Waals surface area (Å²) in [5.74, 6) is 1.80.